The van der Waals surface area contributed by atoms with Crippen LogP contribution in [0.3, 0.4) is 0 Å². The summed E-state index contributed by atoms with van der Waals surface area (Å²) in [6, 6.07) is 7.16. The summed E-state index contributed by atoms with van der Waals surface area (Å²) in [6.45, 7) is 4.30. The normalized spacial score (nSPS) is 13.0. The predicted octanol–water partition coefficient (Wildman–Crippen LogP) is 3.32. The first-order chi connectivity index (χ1) is 14.0. The van der Waals surface area contributed by atoms with Crippen molar-refractivity contribution >= 4 is 46.7 Å². The van der Waals surface area contributed by atoms with E-state index in [1.165, 1.54) is 34.9 Å². The molecule has 2 amide bonds. The van der Waals surface area contributed by atoms with Crippen LogP contribution in [0, 0.1) is 0 Å². The predicted molar refractivity (Wildman–Crippen MR) is 112 cm³/mol. The molecule has 3 aromatic heterocycles. The van der Waals surface area contributed by atoms with E-state index in [4.69, 9.17) is 8.83 Å². The van der Waals surface area contributed by atoms with Gasteiger partial charge in [-0.2, -0.15) is 0 Å². The lowest BCUT2D eigenvalue weighted by molar-refractivity contribution is -0.121. The summed E-state index contributed by atoms with van der Waals surface area (Å²) in [5.74, 6) is 1.18. The number of thioether (sulfide) groups is 2. The van der Waals surface area contributed by atoms with Crippen LogP contribution in [-0.2, 0) is 22.7 Å². The van der Waals surface area contributed by atoms with Crippen LogP contribution in [0.2, 0.25) is 0 Å². The van der Waals surface area contributed by atoms with Gasteiger partial charge in [0.15, 0.2) is 8.68 Å². The van der Waals surface area contributed by atoms with Crippen molar-refractivity contribution in [2.24, 2.45) is 0 Å². The van der Waals surface area contributed by atoms with Gasteiger partial charge in [-0.1, -0.05) is 34.9 Å². The maximum Gasteiger partial charge on any atom is 0.233 e. The number of amides is 2. The Morgan fingerprint density at radius 3 is 1.76 bits per heavy atom. The number of nitrogens with one attached hydrogen (secondary N) is 2. The molecule has 0 saturated carbocycles. The van der Waals surface area contributed by atoms with E-state index in [0.717, 1.165) is 0 Å². The Hall–Kier alpha value is -2.24. The zero-order valence-electron chi connectivity index (χ0n) is 15.8. The van der Waals surface area contributed by atoms with E-state index >= 15 is 0 Å². The monoisotopic (exact) mass is 452 g/mol. The Morgan fingerprint density at radius 2 is 1.38 bits per heavy atom. The van der Waals surface area contributed by atoms with Crippen LogP contribution in [0.4, 0.5) is 0 Å². The molecule has 0 radical (unpaired) electrons. The average molecular weight is 453 g/mol. The Bertz CT molecular complexity index is 839. The van der Waals surface area contributed by atoms with E-state index in [1.807, 2.05) is 0 Å². The van der Waals surface area contributed by atoms with Crippen molar-refractivity contribution in [2.75, 3.05) is 0 Å². The molecule has 0 spiro atoms. The standard InChI is InChI=1S/C18H20N4O4S3/c1-11(15(23)19-9-13-5-3-7-25-13)27-17-21-22-18(29-17)28-12(2)16(24)20-10-14-6-4-8-26-14/h3-8,11-12H,9-10H2,1-2H3,(H,19,23)(H,20,24). The molecule has 2 unspecified atom stereocenters. The Balaban J connectivity index is 1.43. The third kappa shape index (κ3) is 6.65. The molecular formula is C18H20N4O4S3. The third-order valence-corrected chi connectivity index (χ3v) is 7.01. The molecule has 0 aliphatic carbocycles. The van der Waals surface area contributed by atoms with Crippen LogP contribution >= 0.6 is 34.9 Å². The smallest absolute Gasteiger partial charge is 0.233 e. The van der Waals surface area contributed by atoms with Crippen LogP contribution in [0.5, 0.6) is 0 Å². The average Bonchev–Trinajstić information content (AvgIpc) is 3.47. The Morgan fingerprint density at radius 1 is 0.931 bits per heavy atom. The van der Waals surface area contributed by atoms with Crippen LogP contribution in [0.25, 0.3) is 0 Å². The lowest BCUT2D eigenvalue weighted by Gasteiger charge is -2.09. The lowest BCUT2D eigenvalue weighted by Crippen LogP contribution is -2.30. The molecule has 0 aliphatic rings. The topological polar surface area (TPSA) is 110 Å². The number of hydrogen-bond donors (Lipinski definition) is 2. The van der Waals surface area contributed by atoms with Crippen molar-refractivity contribution in [1.29, 1.82) is 0 Å². The van der Waals surface area contributed by atoms with Gasteiger partial charge in [0, 0.05) is 0 Å². The number of carbonyl (C=O) groups excluding carboxylic acids is 2. The van der Waals surface area contributed by atoms with E-state index in [-0.39, 0.29) is 22.3 Å². The number of rotatable bonds is 10. The molecule has 0 fully saturated rings. The van der Waals surface area contributed by atoms with Crippen molar-refractivity contribution in [3.05, 3.63) is 48.3 Å². The summed E-state index contributed by atoms with van der Waals surface area (Å²) in [5, 5.41) is 13.2. The maximum absolute atomic E-state index is 12.2. The van der Waals surface area contributed by atoms with Gasteiger partial charge in [0.05, 0.1) is 36.1 Å². The molecular weight excluding hydrogens is 432 g/mol. The molecule has 8 nitrogen and oxygen atoms in total. The van der Waals surface area contributed by atoms with Gasteiger partial charge in [-0.05, 0) is 38.1 Å². The first-order valence-electron chi connectivity index (χ1n) is 8.78. The zero-order chi connectivity index (χ0) is 20.6. The first kappa shape index (κ1) is 21.5. The van der Waals surface area contributed by atoms with Gasteiger partial charge in [0.1, 0.15) is 11.5 Å². The van der Waals surface area contributed by atoms with Gasteiger partial charge in [0.25, 0.3) is 0 Å². The number of carbonyl (C=O) groups is 2. The number of nitrogens with zero attached hydrogens (tertiary/aromatic N) is 2. The summed E-state index contributed by atoms with van der Waals surface area (Å²) in [5.41, 5.74) is 0. The summed E-state index contributed by atoms with van der Waals surface area (Å²) >= 11 is 4.02. The van der Waals surface area contributed by atoms with Gasteiger partial charge in [-0.25, -0.2) is 0 Å². The van der Waals surface area contributed by atoms with Crippen molar-refractivity contribution in [2.45, 2.75) is 46.1 Å². The molecule has 3 heterocycles. The molecule has 0 bridgehead atoms. The fourth-order valence-electron chi connectivity index (χ4n) is 2.16. The van der Waals surface area contributed by atoms with Crippen molar-refractivity contribution < 1.29 is 18.4 Å². The van der Waals surface area contributed by atoms with Crippen LogP contribution < -0.4 is 10.6 Å². The molecule has 0 aromatic carbocycles. The molecule has 154 valence electrons. The molecule has 0 aliphatic heterocycles. The number of hydrogen-bond acceptors (Lipinski definition) is 9. The molecule has 3 aromatic rings. The second-order valence-corrected chi connectivity index (χ2v) is 10.1. The fraction of sp³-hybridized carbons (Fsp3) is 0.333. The van der Waals surface area contributed by atoms with E-state index in [0.29, 0.717) is 33.3 Å². The third-order valence-electron chi connectivity index (χ3n) is 3.72. The Kier molecular flexibility index (Phi) is 7.78. The van der Waals surface area contributed by atoms with Gasteiger partial charge in [-0.15, -0.1) is 10.2 Å². The maximum atomic E-state index is 12.2. The largest absolute Gasteiger partial charge is 0.467 e. The summed E-state index contributed by atoms with van der Waals surface area (Å²) in [6.07, 6.45) is 3.14. The van der Waals surface area contributed by atoms with E-state index in [2.05, 4.69) is 20.8 Å². The van der Waals surface area contributed by atoms with Gasteiger partial charge >= 0.3 is 0 Å². The quantitative estimate of drug-likeness (QED) is 0.451. The molecule has 0 saturated heterocycles. The minimum atomic E-state index is -0.329. The van der Waals surface area contributed by atoms with Crippen LogP contribution in [0.15, 0.2) is 54.3 Å². The van der Waals surface area contributed by atoms with Crippen molar-refractivity contribution in [1.82, 2.24) is 20.8 Å². The SMILES string of the molecule is CC(Sc1nnc(SC(C)C(=O)NCc2ccco2)s1)C(=O)NCc1ccco1. The van der Waals surface area contributed by atoms with Crippen LogP contribution in [-0.4, -0.2) is 32.5 Å². The number of furan rings is 2. The van der Waals surface area contributed by atoms with Gasteiger partial charge in [0.2, 0.25) is 11.8 Å². The molecule has 2 N–H and O–H groups in total. The van der Waals surface area contributed by atoms with Gasteiger partial charge < -0.3 is 19.5 Å². The summed E-state index contributed by atoms with van der Waals surface area (Å²) < 4.78 is 11.7. The minimum absolute atomic E-state index is 0.110. The first-order valence-corrected chi connectivity index (χ1v) is 11.4. The molecule has 3 rings (SSSR count). The summed E-state index contributed by atoms with van der Waals surface area (Å²) in [7, 11) is 0. The number of aromatic nitrogens is 2. The zero-order valence-corrected chi connectivity index (χ0v) is 18.2. The van der Waals surface area contributed by atoms with E-state index < -0.39 is 0 Å². The van der Waals surface area contributed by atoms with Crippen LogP contribution in [0.1, 0.15) is 25.4 Å². The molecule has 2 atom stereocenters. The fourth-order valence-corrected chi connectivity index (χ4v) is 5.52. The van der Waals surface area contributed by atoms with Crippen molar-refractivity contribution in [3.8, 4) is 0 Å². The Labute approximate surface area is 180 Å². The van der Waals surface area contributed by atoms with E-state index in [1.54, 1.807) is 50.6 Å². The highest BCUT2D eigenvalue weighted by Gasteiger charge is 2.20. The second kappa shape index (κ2) is 10.5. The molecule has 11 heteroatoms. The van der Waals surface area contributed by atoms with Crippen molar-refractivity contribution in [3.63, 3.8) is 0 Å². The summed E-state index contributed by atoms with van der Waals surface area (Å²) in [4.78, 5) is 24.4. The lowest BCUT2D eigenvalue weighted by atomic mass is 10.4. The van der Waals surface area contributed by atoms with Gasteiger partial charge in [-0.3, -0.25) is 9.59 Å². The molecule has 29 heavy (non-hydrogen) atoms. The second-order valence-electron chi connectivity index (χ2n) is 5.95. The highest BCUT2D eigenvalue weighted by molar-refractivity contribution is 8.04. The highest BCUT2D eigenvalue weighted by atomic mass is 32.2. The minimum Gasteiger partial charge on any atom is -0.467 e. The van der Waals surface area contributed by atoms with E-state index in [9.17, 15) is 9.59 Å². The highest BCUT2D eigenvalue weighted by Crippen LogP contribution is 2.33.